The van der Waals surface area contributed by atoms with Crippen molar-refractivity contribution in [2.45, 2.75) is 38.0 Å². The van der Waals surface area contributed by atoms with Crippen LogP contribution in [0.5, 0.6) is 11.5 Å². The predicted octanol–water partition coefficient (Wildman–Crippen LogP) is 6.34. The lowest BCUT2D eigenvalue weighted by Gasteiger charge is -2.29. The van der Waals surface area contributed by atoms with E-state index in [1.807, 2.05) is 42.5 Å². The number of benzene rings is 2. The third kappa shape index (κ3) is 3.24. The van der Waals surface area contributed by atoms with Gasteiger partial charge in [-0.25, -0.2) is 0 Å². The summed E-state index contributed by atoms with van der Waals surface area (Å²) >= 11 is 6.73. The second-order valence-electron chi connectivity index (χ2n) is 6.21. The number of hydrogen-bond acceptors (Lipinski definition) is 1. The number of halogens is 1. The zero-order valence-corrected chi connectivity index (χ0v) is 13.1. The first-order valence-corrected chi connectivity index (χ1v) is 8.08. The molecular formula is C19H21ClO. The molecule has 1 aliphatic rings. The lowest BCUT2D eigenvalue weighted by atomic mass is 9.81. The molecule has 2 aromatic rings. The van der Waals surface area contributed by atoms with Crippen molar-refractivity contribution < 1.29 is 4.74 Å². The highest BCUT2D eigenvalue weighted by Crippen LogP contribution is 2.50. The number of alkyl halides is 1. The van der Waals surface area contributed by atoms with Crippen LogP contribution in [0.3, 0.4) is 0 Å². The van der Waals surface area contributed by atoms with Crippen LogP contribution in [0.4, 0.5) is 0 Å². The fourth-order valence-electron chi connectivity index (χ4n) is 3.17. The van der Waals surface area contributed by atoms with Crippen LogP contribution in [-0.4, -0.2) is 0 Å². The van der Waals surface area contributed by atoms with Gasteiger partial charge < -0.3 is 4.74 Å². The molecule has 0 spiro atoms. The summed E-state index contributed by atoms with van der Waals surface area (Å²) in [6.07, 6.45) is 5.05. The van der Waals surface area contributed by atoms with Gasteiger partial charge in [0.25, 0.3) is 0 Å². The molecule has 0 amide bonds. The minimum absolute atomic E-state index is 0.0887. The zero-order chi connectivity index (χ0) is 14.7. The average molecular weight is 301 g/mol. The fraction of sp³-hybridized carbons (Fsp3) is 0.368. The summed E-state index contributed by atoms with van der Waals surface area (Å²) in [5, 5.41) is 0.0887. The molecule has 1 atom stereocenters. The highest BCUT2D eigenvalue weighted by molar-refractivity contribution is 6.21. The number of ether oxygens (including phenoxy) is 1. The molecular weight excluding hydrogens is 280 g/mol. The number of para-hydroxylation sites is 1. The Hall–Kier alpha value is -1.47. The molecule has 0 saturated heterocycles. The molecule has 3 rings (SSSR count). The van der Waals surface area contributed by atoms with Crippen LogP contribution in [0.25, 0.3) is 0 Å². The molecule has 0 N–H and O–H groups in total. The zero-order valence-electron chi connectivity index (χ0n) is 12.4. The molecule has 1 nitrogen and oxygen atoms in total. The van der Waals surface area contributed by atoms with E-state index in [1.165, 1.54) is 31.2 Å². The van der Waals surface area contributed by atoms with E-state index in [0.717, 1.165) is 11.5 Å². The number of rotatable bonds is 4. The smallest absolute Gasteiger partial charge is 0.127 e. The Kier molecular flexibility index (Phi) is 4.21. The second kappa shape index (κ2) is 6.11. The first kappa shape index (κ1) is 14.5. The van der Waals surface area contributed by atoms with Crippen molar-refractivity contribution in [3.8, 4) is 11.5 Å². The molecule has 0 aromatic heterocycles. The van der Waals surface area contributed by atoms with Gasteiger partial charge in [0.15, 0.2) is 0 Å². The monoisotopic (exact) mass is 300 g/mol. The van der Waals surface area contributed by atoms with Crippen LogP contribution in [-0.2, 0) is 0 Å². The van der Waals surface area contributed by atoms with Crippen LogP contribution in [0.15, 0.2) is 54.6 Å². The Morgan fingerprint density at radius 3 is 2.10 bits per heavy atom. The third-order valence-corrected chi connectivity index (χ3v) is 5.29. The third-order valence-electron chi connectivity index (χ3n) is 4.51. The minimum Gasteiger partial charge on any atom is -0.457 e. The van der Waals surface area contributed by atoms with E-state index in [4.69, 9.17) is 16.3 Å². The van der Waals surface area contributed by atoms with E-state index in [2.05, 4.69) is 19.1 Å². The Morgan fingerprint density at radius 2 is 1.48 bits per heavy atom. The van der Waals surface area contributed by atoms with Crippen LogP contribution >= 0.6 is 11.6 Å². The topological polar surface area (TPSA) is 9.23 Å². The summed E-state index contributed by atoms with van der Waals surface area (Å²) < 4.78 is 5.82. The summed E-state index contributed by atoms with van der Waals surface area (Å²) in [4.78, 5) is 0. The van der Waals surface area contributed by atoms with Gasteiger partial charge in [-0.05, 0) is 48.1 Å². The maximum Gasteiger partial charge on any atom is 0.127 e. The molecule has 1 fully saturated rings. The summed E-state index contributed by atoms with van der Waals surface area (Å²) in [7, 11) is 0. The summed E-state index contributed by atoms with van der Waals surface area (Å²) in [6.45, 7) is 2.31. The Labute approximate surface area is 131 Å². The minimum atomic E-state index is 0.0887. The van der Waals surface area contributed by atoms with Gasteiger partial charge >= 0.3 is 0 Å². The van der Waals surface area contributed by atoms with Gasteiger partial charge in [-0.3, -0.25) is 0 Å². The van der Waals surface area contributed by atoms with Crippen molar-refractivity contribution in [3.05, 3.63) is 60.2 Å². The standard InChI is InChI=1S/C19H21ClO/c1-19(13-5-6-14-19)18(20)15-9-11-17(12-10-15)21-16-7-3-2-4-8-16/h2-4,7-12,18H,5-6,13-14H2,1H3. The van der Waals surface area contributed by atoms with Crippen molar-refractivity contribution >= 4 is 11.6 Å². The molecule has 0 radical (unpaired) electrons. The van der Waals surface area contributed by atoms with E-state index in [0.29, 0.717) is 0 Å². The summed E-state index contributed by atoms with van der Waals surface area (Å²) in [6, 6.07) is 18.1. The van der Waals surface area contributed by atoms with Crippen molar-refractivity contribution in [1.29, 1.82) is 0 Å². The van der Waals surface area contributed by atoms with Gasteiger partial charge in [0, 0.05) is 0 Å². The van der Waals surface area contributed by atoms with Gasteiger partial charge in [-0.15, -0.1) is 11.6 Å². The molecule has 21 heavy (non-hydrogen) atoms. The molecule has 1 aliphatic carbocycles. The van der Waals surface area contributed by atoms with Crippen LogP contribution in [0.2, 0.25) is 0 Å². The quantitative estimate of drug-likeness (QED) is 0.599. The van der Waals surface area contributed by atoms with Crippen LogP contribution in [0, 0.1) is 5.41 Å². The summed E-state index contributed by atoms with van der Waals surface area (Å²) in [5.74, 6) is 1.71. The van der Waals surface area contributed by atoms with Gasteiger partial charge in [-0.1, -0.05) is 50.1 Å². The second-order valence-corrected chi connectivity index (χ2v) is 6.64. The number of hydrogen-bond donors (Lipinski definition) is 0. The Balaban J connectivity index is 1.72. The Bertz CT molecular complexity index is 570. The molecule has 1 saturated carbocycles. The van der Waals surface area contributed by atoms with Crippen molar-refractivity contribution in [3.63, 3.8) is 0 Å². The van der Waals surface area contributed by atoms with E-state index >= 15 is 0 Å². The van der Waals surface area contributed by atoms with Gasteiger partial charge in [-0.2, -0.15) is 0 Å². The molecule has 0 heterocycles. The van der Waals surface area contributed by atoms with Crippen molar-refractivity contribution in [2.24, 2.45) is 5.41 Å². The van der Waals surface area contributed by atoms with Gasteiger partial charge in [0.05, 0.1) is 5.38 Å². The van der Waals surface area contributed by atoms with E-state index < -0.39 is 0 Å². The average Bonchev–Trinajstić information content (AvgIpc) is 2.96. The molecule has 110 valence electrons. The highest BCUT2D eigenvalue weighted by atomic mass is 35.5. The Morgan fingerprint density at radius 1 is 0.905 bits per heavy atom. The normalized spacial score (nSPS) is 18.4. The van der Waals surface area contributed by atoms with E-state index in [-0.39, 0.29) is 10.8 Å². The van der Waals surface area contributed by atoms with Crippen molar-refractivity contribution in [2.75, 3.05) is 0 Å². The van der Waals surface area contributed by atoms with E-state index in [9.17, 15) is 0 Å². The largest absolute Gasteiger partial charge is 0.457 e. The molecule has 2 heteroatoms. The predicted molar refractivity (Wildman–Crippen MR) is 88.1 cm³/mol. The maximum absolute atomic E-state index is 6.73. The highest BCUT2D eigenvalue weighted by Gasteiger charge is 2.36. The maximum atomic E-state index is 6.73. The SMILES string of the molecule is CC1(C(Cl)c2ccc(Oc3ccccc3)cc2)CCCC1. The van der Waals surface area contributed by atoms with Crippen molar-refractivity contribution in [1.82, 2.24) is 0 Å². The molecule has 2 aromatic carbocycles. The van der Waals surface area contributed by atoms with Crippen LogP contribution < -0.4 is 4.74 Å². The van der Waals surface area contributed by atoms with Crippen LogP contribution in [0.1, 0.15) is 43.5 Å². The molecule has 1 unspecified atom stereocenters. The van der Waals surface area contributed by atoms with Gasteiger partial charge in [0.2, 0.25) is 0 Å². The molecule has 0 bridgehead atoms. The van der Waals surface area contributed by atoms with E-state index in [1.54, 1.807) is 0 Å². The first-order valence-electron chi connectivity index (χ1n) is 7.64. The first-order chi connectivity index (χ1) is 10.2. The lowest BCUT2D eigenvalue weighted by Crippen LogP contribution is -2.17. The molecule has 0 aliphatic heterocycles. The summed E-state index contributed by atoms with van der Waals surface area (Å²) in [5.41, 5.74) is 1.44. The fourth-order valence-corrected chi connectivity index (χ4v) is 3.53. The lowest BCUT2D eigenvalue weighted by molar-refractivity contribution is 0.321. The van der Waals surface area contributed by atoms with Gasteiger partial charge in [0.1, 0.15) is 11.5 Å².